The molecule has 0 heterocycles. The van der Waals surface area contributed by atoms with Crippen LogP contribution < -0.4 is 0 Å². The number of ether oxygens (including phenoxy) is 3. The fraction of sp³-hybridized carbons (Fsp3) is 0.635. The second kappa shape index (κ2) is 56.4. The first-order valence-corrected chi connectivity index (χ1v) is 28.0. The van der Waals surface area contributed by atoms with E-state index in [1.165, 1.54) is 70.6 Å². The lowest BCUT2D eigenvalue weighted by Crippen LogP contribution is -2.30. The fourth-order valence-electron chi connectivity index (χ4n) is 7.22. The average Bonchev–Trinajstić information content (AvgIpc) is 3.35. The quantitative estimate of drug-likeness (QED) is 0.0262. The van der Waals surface area contributed by atoms with Gasteiger partial charge in [-0.15, -0.1) is 0 Å². The average molecular weight is 956 g/mol. The molecule has 0 rings (SSSR count). The summed E-state index contributed by atoms with van der Waals surface area (Å²) >= 11 is 0. The van der Waals surface area contributed by atoms with Gasteiger partial charge < -0.3 is 14.2 Å². The lowest BCUT2D eigenvalue weighted by atomic mass is 10.1. The molecule has 0 aliphatic rings. The number of allylic oxidation sites excluding steroid dienone is 20. The van der Waals surface area contributed by atoms with Gasteiger partial charge in [-0.05, 0) is 128 Å². The van der Waals surface area contributed by atoms with E-state index in [-0.39, 0.29) is 44.0 Å². The van der Waals surface area contributed by atoms with Gasteiger partial charge in [0.05, 0.1) is 0 Å². The molecular formula is C63H102O6. The zero-order chi connectivity index (χ0) is 50.0. The van der Waals surface area contributed by atoms with Gasteiger partial charge in [0.15, 0.2) is 6.10 Å². The molecule has 0 radical (unpaired) electrons. The second-order valence-corrected chi connectivity index (χ2v) is 18.1. The molecule has 0 fully saturated rings. The molecule has 1 atom stereocenters. The summed E-state index contributed by atoms with van der Waals surface area (Å²) in [5.74, 6) is -1.02. The number of unbranched alkanes of at least 4 members (excludes halogenated alkanes) is 18. The van der Waals surface area contributed by atoms with Crippen LogP contribution in [0.5, 0.6) is 0 Å². The molecule has 0 saturated carbocycles. The summed E-state index contributed by atoms with van der Waals surface area (Å²) in [6, 6.07) is 0. The normalized spacial score (nSPS) is 13.0. The minimum absolute atomic E-state index is 0.118. The molecule has 0 aromatic heterocycles. The van der Waals surface area contributed by atoms with Gasteiger partial charge in [-0.25, -0.2) is 0 Å². The van der Waals surface area contributed by atoms with Gasteiger partial charge in [0.1, 0.15) is 13.2 Å². The Balaban J connectivity index is 4.57. The van der Waals surface area contributed by atoms with Crippen molar-refractivity contribution < 1.29 is 28.6 Å². The Morgan fingerprint density at radius 2 is 0.580 bits per heavy atom. The van der Waals surface area contributed by atoms with Gasteiger partial charge in [-0.2, -0.15) is 0 Å². The maximum Gasteiger partial charge on any atom is 0.306 e. The molecule has 0 saturated heterocycles. The highest BCUT2D eigenvalue weighted by Gasteiger charge is 2.19. The van der Waals surface area contributed by atoms with E-state index in [2.05, 4.69) is 142 Å². The zero-order valence-corrected chi connectivity index (χ0v) is 44.5. The van der Waals surface area contributed by atoms with E-state index < -0.39 is 6.10 Å². The van der Waals surface area contributed by atoms with Crippen molar-refractivity contribution in [1.82, 2.24) is 0 Å². The molecule has 6 nitrogen and oxygen atoms in total. The first kappa shape index (κ1) is 64.8. The van der Waals surface area contributed by atoms with Gasteiger partial charge >= 0.3 is 17.9 Å². The van der Waals surface area contributed by atoms with Crippen LogP contribution in [0.25, 0.3) is 0 Å². The Morgan fingerprint density at radius 1 is 0.304 bits per heavy atom. The third-order valence-corrected chi connectivity index (χ3v) is 11.4. The fourth-order valence-corrected chi connectivity index (χ4v) is 7.22. The molecule has 0 aromatic carbocycles. The molecule has 0 aliphatic heterocycles. The van der Waals surface area contributed by atoms with Crippen LogP contribution in [0, 0.1) is 0 Å². The molecule has 0 aliphatic carbocycles. The monoisotopic (exact) mass is 955 g/mol. The highest BCUT2D eigenvalue weighted by Crippen LogP contribution is 2.12. The molecule has 6 heteroatoms. The van der Waals surface area contributed by atoms with Crippen LogP contribution in [0.3, 0.4) is 0 Å². The van der Waals surface area contributed by atoms with Gasteiger partial charge in [0.2, 0.25) is 0 Å². The topological polar surface area (TPSA) is 78.9 Å². The van der Waals surface area contributed by atoms with Crippen LogP contribution in [0.15, 0.2) is 122 Å². The van der Waals surface area contributed by atoms with Crippen molar-refractivity contribution in [3.05, 3.63) is 122 Å². The third kappa shape index (κ3) is 54.6. The standard InChI is InChI=1S/C63H102O6/c1-4-7-10-13-16-19-22-25-28-30-31-33-36-39-42-45-48-51-54-57-63(66)69-60(58-67-61(64)55-52-49-46-43-40-37-34-27-24-21-18-15-12-9-6-3)59-68-62(65)56-53-50-47-44-41-38-35-32-29-26-23-20-17-14-11-8-5-2/h7,10,16,18-19,21,25-29,31,33-35,38-39,42,44,47,60H,4-6,8-9,11-15,17,20,22-24,30,32,36-37,40-41,43,45-46,48-59H2,1-3H3/b10-7-,19-16-,21-18-,28-25-,29-26-,33-31-,34-27-,38-35-,42-39-,47-44-/t60-/m1/s1. The lowest BCUT2D eigenvalue weighted by Gasteiger charge is -2.18. The van der Waals surface area contributed by atoms with Crippen LogP contribution in [0.4, 0.5) is 0 Å². The number of carbonyl (C=O) groups is 3. The summed E-state index contributed by atoms with van der Waals surface area (Å²) in [5.41, 5.74) is 0. The molecule has 0 amide bonds. The Kier molecular flexibility index (Phi) is 53.0. The second-order valence-electron chi connectivity index (χ2n) is 18.1. The number of hydrogen-bond acceptors (Lipinski definition) is 6. The smallest absolute Gasteiger partial charge is 0.306 e. The predicted octanol–water partition coefficient (Wildman–Crippen LogP) is 18.9. The molecule has 0 aromatic rings. The molecule has 0 spiro atoms. The van der Waals surface area contributed by atoms with Crippen molar-refractivity contribution in [3.8, 4) is 0 Å². The number of carbonyl (C=O) groups excluding carboxylic acids is 3. The van der Waals surface area contributed by atoms with Gasteiger partial charge in [-0.1, -0.05) is 213 Å². The first-order chi connectivity index (χ1) is 34.0. The number of esters is 3. The Bertz CT molecular complexity index is 1470. The summed E-state index contributed by atoms with van der Waals surface area (Å²) in [5, 5.41) is 0. The van der Waals surface area contributed by atoms with E-state index in [9.17, 15) is 14.4 Å². The Morgan fingerprint density at radius 3 is 0.986 bits per heavy atom. The molecule has 69 heavy (non-hydrogen) atoms. The van der Waals surface area contributed by atoms with E-state index >= 15 is 0 Å². The van der Waals surface area contributed by atoms with E-state index in [1.54, 1.807) is 0 Å². The minimum atomic E-state index is -0.826. The molecular weight excluding hydrogens is 853 g/mol. The zero-order valence-electron chi connectivity index (χ0n) is 44.5. The maximum absolute atomic E-state index is 12.8. The van der Waals surface area contributed by atoms with Gasteiger partial charge in [-0.3, -0.25) is 14.4 Å². The highest BCUT2D eigenvalue weighted by molar-refractivity contribution is 5.71. The predicted molar refractivity (Wildman–Crippen MR) is 297 cm³/mol. The van der Waals surface area contributed by atoms with Crippen molar-refractivity contribution in [2.75, 3.05) is 13.2 Å². The van der Waals surface area contributed by atoms with Crippen molar-refractivity contribution >= 4 is 17.9 Å². The minimum Gasteiger partial charge on any atom is -0.462 e. The van der Waals surface area contributed by atoms with Crippen molar-refractivity contribution in [2.45, 2.75) is 245 Å². The molecule has 390 valence electrons. The van der Waals surface area contributed by atoms with E-state index in [0.717, 1.165) is 116 Å². The molecule has 0 N–H and O–H groups in total. The first-order valence-electron chi connectivity index (χ1n) is 28.0. The van der Waals surface area contributed by atoms with Gasteiger partial charge in [0, 0.05) is 19.3 Å². The van der Waals surface area contributed by atoms with Crippen LogP contribution in [0.1, 0.15) is 239 Å². The molecule has 0 unspecified atom stereocenters. The maximum atomic E-state index is 12.8. The SMILES string of the molecule is CC/C=C\C/C=C\C/C=C\C/C=C\C/C=C\CCCCCC(=O)O[C@@H](COC(=O)CCC/C=C\C/C=C\C/C=C\CCCCCCCC)COC(=O)CCCCCCC/C=C\C/C=C\CCCCC. The Labute approximate surface area is 424 Å². The van der Waals surface area contributed by atoms with E-state index in [4.69, 9.17) is 14.2 Å². The van der Waals surface area contributed by atoms with Crippen LogP contribution in [-0.2, 0) is 28.6 Å². The van der Waals surface area contributed by atoms with Crippen LogP contribution in [-0.4, -0.2) is 37.2 Å². The Hall–Kier alpha value is -4.19. The summed E-state index contributed by atoms with van der Waals surface area (Å²) in [6.45, 7) is 6.40. The van der Waals surface area contributed by atoms with Crippen molar-refractivity contribution in [3.63, 3.8) is 0 Å². The van der Waals surface area contributed by atoms with Gasteiger partial charge in [0.25, 0.3) is 0 Å². The largest absolute Gasteiger partial charge is 0.462 e. The lowest BCUT2D eigenvalue weighted by molar-refractivity contribution is -0.167. The summed E-state index contributed by atoms with van der Waals surface area (Å²) in [6.07, 6.45) is 77.6. The van der Waals surface area contributed by atoms with E-state index in [0.29, 0.717) is 19.3 Å². The van der Waals surface area contributed by atoms with Crippen LogP contribution in [0.2, 0.25) is 0 Å². The van der Waals surface area contributed by atoms with Crippen molar-refractivity contribution in [2.24, 2.45) is 0 Å². The number of rotatable bonds is 49. The van der Waals surface area contributed by atoms with Crippen LogP contribution >= 0.6 is 0 Å². The summed E-state index contributed by atoms with van der Waals surface area (Å²) in [4.78, 5) is 38.1. The third-order valence-electron chi connectivity index (χ3n) is 11.4. The highest BCUT2D eigenvalue weighted by atomic mass is 16.6. The summed E-state index contributed by atoms with van der Waals surface area (Å²) < 4.78 is 16.8. The van der Waals surface area contributed by atoms with Crippen molar-refractivity contribution in [1.29, 1.82) is 0 Å². The number of hydrogen-bond donors (Lipinski definition) is 0. The van der Waals surface area contributed by atoms with E-state index in [1.807, 2.05) is 0 Å². The molecule has 0 bridgehead atoms. The summed E-state index contributed by atoms with van der Waals surface area (Å²) in [7, 11) is 0.